The van der Waals surface area contributed by atoms with E-state index in [9.17, 15) is 61.0 Å². The predicted molar refractivity (Wildman–Crippen MR) is 420 cm³/mol. The number of hydrogen-bond donors (Lipinski definition) is 12. The number of ether oxygens (including phenoxy) is 6. The first kappa shape index (κ1) is 96.7. The molecule has 17 unspecified atom stereocenters. The highest BCUT2D eigenvalue weighted by Gasteiger charge is 2.54. The second-order valence-electron chi connectivity index (χ2n) is 30.6. The average Bonchev–Trinajstić information content (AvgIpc) is 0.780. The summed E-state index contributed by atoms with van der Waals surface area (Å²) in [4.78, 5) is 13.5. The van der Waals surface area contributed by atoms with Crippen molar-refractivity contribution in [2.45, 2.75) is 452 Å². The minimum absolute atomic E-state index is 0.234. The van der Waals surface area contributed by atoms with Gasteiger partial charge >= 0.3 is 0 Å². The Labute approximate surface area is 636 Å². The van der Waals surface area contributed by atoms with Gasteiger partial charge in [0.1, 0.15) is 73.2 Å². The van der Waals surface area contributed by atoms with Crippen LogP contribution in [0.25, 0.3) is 0 Å². The molecule has 0 bridgehead atoms. The molecule has 12 N–H and O–H groups in total. The van der Waals surface area contributed by atoms with Crippen LogP contribution in [0.4, 0.5) is 0 Å². The van der Waals surface area contributed by atoms with E-state index < -0.39 is 124 Å². The van der Waals surface area contributed by atoms with E-state index in [1.54, 1.807) is 6.08 Å². The number of aliphatic hydroxyl groups excluding tert-OH is 11. The molecule has 1 amide bonds. The van der Waals surface area contributed by atoms with Gasteiger partial charge in [-0.05, 0) is 77.0 Å². The van der Waals surface area contributed by atoms with Gasteiger partial charge in [-0.3, -0.25) is 4.79 Å². The zero-order chi connectivity index (χ0) is 76.0. The van der Waals surface area contributed by atoms with Crippen LogP contribution in [0.1, 0.15) is 348 Å². The van der Waals surface area contributed by atoms with E-state index in [0.29, 0.717) is 12.8 Å². The summed E-state index contributed by atoms with van der Waals surface area (Å²) in [5.41, 5.74) is 0. The van der Waals surface area contributed by atoms with Gasteiger partial charge in [-0.1, -0.05) is 325 Å². The fourth-order valence-corrected chi connectivity index (χ4v) is 14.4. The van der Waals surface area contributed by atoms with Gasteiger partial charge in [-0.15, -0.1) is 0 Å². The zero-order valence-corrected chi connectivity index (χ0v) is 66.0. The van der Waals surface area contributed by atoms with Crippen molar-refractivity contribution in [2.24, 2.45) is 0 Å². The first-order valence-electron chi connectivity index (χ1n) is 43.0. The second kappa shape index (κ2) is 66.1. The molecule has 3 aliphatic rings. The van der Waals surface area contributed by atoms with Crippen LogP contribution in [-0.2, 0) is 33.2 Å². The summed E-state index contributed by atoms with van der Waals surface area (Å²) in [5.74, 6) is -0.284. The number of unbranched alkanes of at least 4 members (excludes halogenated alkanes) is 45. The highest BCUT2D eigenvalue weighted by atomic mass is 16.8. The molecule has 3 saturated heterocycles. The van der Waals surface area contributed by atoms with E-state index in [1.807, 2.05) is 6.08 Å². The summed E-state index contributed by atoms with van der Waals surface area (Å²) >= 11 is 0. The lowest BCUT2D eigenvalue weighted by Gasteiger charge is -2.48. The Morgan fingerprint density at radius 2 is 0.638 bits per heavy atom. The number of allylic oxidation sites excluding steroid dienone is 9. The molecule has 3 heterocycles. The van der Waals surface area contributed by atoms with Gasteiger partial charge < -0.3 is 89.9 Å². The Balaban J connectivity index is 1.36. The average molecular weight is 1490 g/mol. The molecule has 0 spiro atoms. The molecule has 0 aromatic rings. The van der Waals surface area contributed by atoms with Crippen molar-refractivity contribution in [2.75, 3.05) is 26.4 Å². The number of carbonyl (C=O) groups excluding carboxylic acids is 1. The monoisotopic (exact) mass is 1490 g/mol. The second-order valence-corrected chi connectivity index (χ2v) is 30.6. The minimum atomic E-state index is -1.98. The van der Waals surface area contributed by atoms with Crippen molar-refractivity contribution in [3.8, 4) is 0 Å². The molecule has 614 valence electrons. The predicted octanol–water partition coefficient (Wildman–Crippen LogP) is 15.4. The van der Waals surface area contributed by atoms with Gasteiger partial charge in [0.05, 0.1) is 38.6 Å². The molecule has 105 heavy (non-hydrogen) atoms. The van der Waals surface area contributed by atoms with Gasteiger partial charge in [0.25, 0.3) is 0 Å². The van der Waals surface area contributed by atoms with Crippen molar-refractivity contribution < 1.29 is 89.4 Å². The molecule has 19 nitrogen and oxygen atoms in total. The Kier molecular flexibility index (Phi) is 60.9. The highest BCUT2D eigenvalue weighted by molar-refractivity contribution is 5.76. The smallest absolute Gasteiger partial charge is 0.220 e. The van der Waals surface area contributed by atoms with E-state index in [4.69, 9.17) is 28.4 Å². The molecule has 3 fully saturated rings. The Hall–Kier alpha value is -2.51. The van der Waals surface area contributed by atoms with Crippen LogP contribution < -0.4 is 5.32 Å². The van der Waals surface area contributed by atoms with Gasteiger partial charge in [0.15, 0.2) is 18.9 Å². The van der Waals surface area contributed by atoms with Gasteiger partial charge in [-0.25, -0.2) is 0 Å². The number of carbonyl (C=O) groups is 1. The van der Waals surface area contributed by atoms with Crippen LogP contribution in [-0.4, -0.2) is 193 Å². The maximum atomic E-state index is 13.5. The first-order valence-corrected chi connectivity index (χ1v) is 43.0. The molecule has 3 aliphatic heterocycles. The lowest BCUT2D eigenvalue weighted by molar-refractivity contribution is -0.379. The fourth-order valence-electron chi connectivity index (χ4n) is 14.4. The molecule has 3 rings (SSSR count). The molecular weight excluding hydrogens is 1330 g/mol. The number of aliphatic hydroxyl groups is 11. The van der Waals surface area contributed by atoms with Gasteiger partial charge in [0, 0.05) is 6.42 Å². The normalized spacial score (nSPS) is 26.0. The number of nitrogens with one attached hydrogen (secondary N) is 1. The first-order chi connectivity index (χ1) is 51.3. The summed E-state index contributed by atoms with van der Waals surface area (Å²) < 4.78 is 34.5. The Morgan fingerprint density at radius 1 is 0.343 bits per heavy atom. The third-order valence-corrected chi connectivity index (χ3v) is 21.3. The topological polar surface area (TPSA) is 307 Å². The van der Waals surface area contributed by atoms with Crippen LogP contribution in [0.3, 0.4) is 0 Å². The van der Waals surface area contributed by atoms with E-state index in [-0.39, 0.29) is 18.9 Å². The molecular formula is C86H157NO18. The molecule has 0 saturated carbocycles. The molecule has 17 atom stereocenters. The van der Waals surface area contributed by atoms with E-state index in [0.717, 1.165) is 51.4 Å². The number of amides is 1. The number of rotatable bonds is 69. The minimum Gasteiger partial charge on any atom is -0.394 e. The van der Waals surface area contributed by atoms with Crippen molar-refractivity contribution in [3.63, 3.8) is 0 Å². The summed E-state index contributed by atoms with van der Waals surface area (Å²) in [7, 11) is 0. The standard InChI is InChI=1S/C86H157NO18/c1-3-5-7-9-11-13-15-17-19-21-23-25-27-29-31-32-33-34-35-36-38-40-42-44-46-48-50-52-54-56-58-60-62-64-74(92)87-69(70(91)63-61-59-57-55-53-51-49-47-45-43-41-39-37-30-28-26-24-22-20-18-16-14-12-10-8-6-4-2)68-100-84-80(98)77(95)82(72(66-89)102-84)105-86-81(99)78(96)83(73(67-90)103-86)104-85-79(97)76(94)75(93)71(65-88)101-85/h15,17,21,23,45,47,53,55,61,63,69-73,75-86,88-91,93-99H,3-14,16,18-20,22,24-44,46,48-52,54,56-60,62,64-68H2,1-2H3,(H,87,92)/b17-15-,23-21-,47-45+,55-53+,63-61+. The molecule has 0 aliphatic carbocycles. The third-order valence-electron chi connectivity index (χ3n) is 21.3. The Bertz CT molecular complexity index is 2130. The molecule has 0 aromatic heterocycles. The van der Waals surface area contributed by atoms with E-state index in [1.165, 1.54) is 263 Å². The van der Waals surface area contributed by atoms with Crippen molar-refractivity contribution in [3.05, 3.63) is 60.8 Å². The largest absolute Gasteiger partial charge is 0.394 e. The third kappa shape index (κ3) is 45.6. The molecule has 0 aromatic carbocycles. The summed E-state index contributed by atoms with van der Waals surface area (Å²) in [6.07, 6.45) is 59.4. The maximum Gasteiger partial charge on any atom is 0.220 e. The summed E-state index contributed by atoms with van der Waals surface area (Å²) in [5, 5.41) is 121. The zero-order valence-electron chi connectivity index (χ0n) is 66.0. The van der Waals surface area contributed by atoms with Crippen molar-refractivity contribution in [1.29, 1.82) is 0 Å². The van der Waals surface area contributed by atoms with Crippen LogP contribution in [0.5, 0.6) is 0 Å². The molecule has 0 radical (unpaired) electrons. The van der Waals surface area contributed by atoms with Crippen molar-refractivity contribution in [1.82, 2.24) is 5.32 Å². The van der Waals surface area contributed by atoms with Gasteiger partial charge in [0.2, 0.25) is 5.91 Å². The van der Waals surface area contributed by atoms with Crippen molar-refractivity contribution >= 4 is 5.91 Å². The SMILES string of the molecule is CCCCCCC/C=C\C/C=C\CCCCCCCCCCCCCCCCCCCCCCCC(=O)NC(COC1OC(CO)C(OC2OC(CO)C(OC3OC(CO)C(O)C(O)C3O)C(O)C2O)C(O)C1O)C(O)/C=C/CC/C=C/CC/C=C/CCCCCCCCCCCCCCCCCCC. The quantitative estimate of drug-likeness (QED) is 0.0199. The van der Waals surface area contributed by atoms with Crippen LogP contribution in [0.2, 0.25) is 0 Å². The molecule has 19 heteroatoms. The van der Waals surface area contributed by atoms with Crippen LogP contribution in [0, 0.1) is 0 Å². The Morgan fingerprint density at radius 3 is 1.01 bits per heavy atom. The van der Waals surface area contributed by atoms with E-state index in [2.05, 4.69) is 67.8 Å². The fraction of sp³-hybridized carbons (Fsp3) is 0.872. The lowest BCUT2D eigenvalue weighted by Crippen LogP contribution is -2.66. The van der Waals surface area contributed by atoms with Crippen LogP contribution >= 0.6 is 0 Å². The highest BCUT2D eigenvalue weighted by Crippen LogP contribution is 2.33. The number of hydrogen-bond acceptors (Lipinski definition) is 18. The van der Waals surface area contributed by atoms with Gasteiger partial charge in [-0.2, -0.15) is 0 Å². The lowest BCUT2D eigenvalue weighted by atomic mass is 9.96. The maximum absolute atomic E-state index is 13.5. The summed E-state index contributed by atoms with van der Waals surface area (Å²) in [6.45, 7) is 1.75. The van der Waals surface area contributed by atoms with Crippen LogP contribution in [0.15, 0.2) is 60.8 Å². The van der Waals surface area contributed by atoms with E-state index >= 15 is 0 Å². The summed E-state index contributed by atoms with van der Waals surface area (Å²) in [6, 6.07) is -0.999.